The molecule has 3 nitrogen and oxygen atoms in total. The minimum Gasteiger partial charge on any atom is -0.449 e. The minimum absolute atomic E-state index is 0.150. The highest BCUT2D eigenvalue weighted by Gasteiger charge is 2.20. The van der Waals surface area contributed by atoms with Gasteiger partial charge in [-0.15, -0.1) is 0 Å². The molecule has 1 aliphatic heterocycles. The summed E-state index contributed by atoms with van der Waals surface area (Å²) in [4.78, 5) is 12.6. The summed E-state index contributed by atoms with van der Waals surface area (Å²) in [6, 6.07) is 0. The molecule has 0 saturated carbocycles. The molecular weight excluding hydrogens is 245 g/mol. The van der Waals surface area contributed by atoms with E-state index in [0.717, 1.165) is 23.9 Å². The number of halogens is 1. The molecule has 58 valence electrons. The second kappa shape index (κ2) is 4.00. The van der Waals surface area contributed by atoms with Crippen molar-refractivity contribution in [1.29, 1.82) is 0 Å². The fourth-order valence-electron chi connectivity index (χ4n) is 0.716. The summed E-state index contributed by atoms with van der Waals surface area (Å²) < 4.78 is 5.75. The number of hydrogen-bond donors (Lipinski definition) is 0. The molecule has 1 saturated heterocycles. The molecule has 0 unspecified atom stereocenters. The number of rotatable bonds is 2. The van der Waals surface area contributed by atoms with Gasteiger partial charge in [-0.05, 0) is 6.42 Å². The molecule has 0 bridgehead atoms. The molecule has 0 N–H and O–H groups in total. The molecule has 1 aliphatic rings. The molecule has 0 aromatic carbocycles. The molecule has 1 rings (SSSR count). The normalized spacial score (nSPS) is 16.3. The van der Waals surface area contributed by atoms with Crippen LogP contribution in [0.3, 0.4) is 0 Å². The topological polar surface area (TPSA) is 29.5 Å². The Morgan fingerprint density at radius 3 is 2.70 bits per heavy atom. The van der Waals surface area contributed by atoms with E-state index in [1.807, 2.05) is 0 Å². The van der Waals surface area contributed by atoms with E-state index in [2.05, 4.69) is 22.6 Å². The standard InChI is InChI=1S/C6H10INO2/c7-2-5-10-6(9)8-3-1-4-8/h1-5H2. The maximum absolute atomic E-state index is 10.9. The average molecular weight is 255 g/mol. The molecule has 4 heteroatoms. The van der Waals surface area contributed by atoms with Crippen molar-refractivity contribution in [3.8, 4) is 0 Å². The Hall–Kier alpha value is -0.0000000000000000555. The second-order valence-electron chi connectivity index (χ2n) is 2.14. The molecule has 0 aromatic rings. The Labute approximate surface area is 73.9 Å². The summed E-state index contributed by atoms with van der Waals surface area (Å²) in [6.45, 7) is 2.29. The Bertz CT molecular complexity index is 125. The van der Waals surface area contributed by atoms with Crippen molar-refractivity contribution < 1.29 is 9.53 Å². The van der Waals surface area contributed by atoms with Gasteiger partial charge in [0.2, 0.25) is 0 Å². The predicted molar refractivity (Wildman–Crippen MR) is 46.4 cm³/mol. The lowest BCUT2D eigenvalue weighted by atomic mass is 10.2. The number of carbonyl (C=O) groups excluding carboxylic acids is 1. The van der Waals surface area contributed by atoms with E-state index in [1.54, 1.807) is 4.90 Å². The Balaban J connectivity index is 2.08. The molecule has 1 heterocycles. The van der Waals surface area contributed by atoms with E-state index in [9.17, 15) is 4.79 Å². The van der Waals surface area contributed by atoms with Crippen LogP contribution < -0.4 is 0 Å². The van der Waals surface area contributed by atoms with E-state index < -0.39 is 0 Å². The number of nitrogens with zero attached hydrogens (tertiary/aromatic N) is 1. The first-order chi connectivity index (χ1) is 4.84. The van der Waals surface area contributed by atoms with E-state index in [0.29, 0.717) is 6.61 Å². The maximum Gasteiger partial charge on any atom is 0.409 e. The van der Waals surface area contributed by atoms with Gasteiger partial charge in [-0.25, -0.2) is 4.79 Å². The molecule has 0 aliphatic carbocycles. The van der Waals surface area contributed by atoms with Crippen molar-refractivity contribution >= 4 is 28.7 Å². The zero-order chi connectivity index (χ0) is 7.40. The van der Waals surface area contributed by atoms with Gasteiger partial charge in [-0.3, -0.25) is 0 Å². The van der Waals surface area contributed by atoms with Crippen LogP contribution in [0.1, 0.15) is 6.42 Å². The summed E-state index contributed by atoms with van der Waals surface area (Å²) in [6.07, 6.45) is 0.974. The van der Waals surface area contributed by atoms with Crippen LogP contribution in [0.15, 0.2) is 0 Å². The van der Waals surface area contributed by atoms with Crippen molar-refractivity contribution in [2.24, 2.45) is 0 Å². The summed E-state index contributed by atoms with van der Waals surface area (Å²) in [7, 11) is 0. The van der Waals surface area contributed by atoms with Crippen molar-refractivity contribution in [3.05, 3.63) is 0 Å². The van der Waals surface area contributed by atoms with Gasteiger partial charge in [0.05, 0.1) is 0 Å². The van der Waals surface area contributed by atoms with Crippen molar-refractivity contribution in [1.82, 2.24) is 4.90 Å². The monoisotopic (exact) mass is 255 g/mol. The zero-order valence-electron chi connectivity index (χ0n) is 5.68. The number of hydrogen-bond acceptors (Lipinski definition) is 2. The average Bonchev–Trinajstić information content (AvgIpc) is 1.79. The number of amides is 1. The lowest BCUT2D eigenvalue weighted by molar-refractivity contribution is 0.0862. The second-order valence-corrected chi connectivity index (χ2v) is 3.22. The number of likely N-dealkylation sites (tertiary alicyclic amines) is 1. The number of ether oxygens (including phenoxy) is 1. The third kappa shape index (κ3) is 2.00. The maximum atomic E-state index is 10.9. The van der Waals surface area contributed by atoms with E-state index >= 15 is 0 Å². The van der Waals surface area contributed by atoms with Crippen LogP contribution in [0.4, 0.5) is 4.79 Å². The van der Waals surface area contributed by atoms with Gasteiger partial charge in [0.15, 0.2) is 0 Å². The Kier molecular flexibility index (Phi) is 3.24. The number of alkyl halides is 1. The summed E-state index contributed by atoms with van der Waals surface area (Å²) in [5.41, 5.74) is 0. The highest BCUT2D eigenvalue weighted by atomic mass is 127. The van der Waals surface area contributed by atoms with Crippen LogP contribution in [0, 0.1) is 0 Å². The molecule has 1 amide bonds. The fourth-order valence-corrected chi connectivity index (χ4v) is 0.936. The van der Waals surface area contributed by atoms with Gasteiger partial charge in [0.1, 0.15) is 6.61 Å². The fraction of sp³-hybridized carbons (Fsp3) is 0.833. The highest BCUT2D eigenvalue weighted by molar-refractivity contribution is 14.1. The Morgan fingerprint density at radius 1 is 1.60 bits per heavy atom. The van der Waals surface area contributed by atoms with Crippen LogP contribution >= 0.6 is 22.6 Å². The lowest BCUT2D eigenvalue weighted by Crippen LogP contribution is -2.42. The molecule has 0 spiro atoms. The first-order valence-corrected chi connectivity index (χ1v) is 4.85. The molecule has 0 aromatic heterocycles. The first-order valence-electron chi connectivity index (χ1n) is 3.32. The summed E-state index contributed by atoms with van der Waals surface area (Å²) >= 11 is 2.18. The van der Waals surface area contributed by atoms with Gasteiger partial charge >= 0.3 is 6.09 Å². The summed E-state index contributed by atoms with van der Waals surface area (Å²) in [5.74, 6) is 0. The largest absolute Gasteiger partial charge is 0.449 e. The lowest BCUT2D eigenvalue weighted by Gasteiger charge is -2.29. The first kappa shape index (κ1) is 8.10. The van der Waals surface area contributed by atoms with Gasteiger partial charge in [0, 0.05) is 17.5 Å². The quantitative estimate of drug-likeness (QED) is 0.549. The van der Waals surface area contributed by atoms with E-state index in [1.165, 1.54) is 0 Å². The molecule has 10 heavy (non-hydrogen) atoms. The van der Waals surface area contributed by atoms with Crippen molar-refractivity contribution in [2.45, 2.75) is 6.42 Å². The highest BCUT2D eigenvalue weighted by Crippen LogP contribution is 2.07. The smallest absolute Gasteiger partial charge is 0.409 e. The van der Waals surface area contributed by atoms with Gasteiger partial charge in [-0.2, -0.15) is 0 Å². The zero-order valence-corrected chi connectivity index (χ0v) is 7.83. The molecular formula is C6H10INO2. The van der Waals surface area contributed by atoms with Crippen LogP contribution in [-0.2, 0) is 4.74 Å². The third-order valence-corrected chi connectivity index (χ3v) is 1.86. The van der Waals surface area contributed by atoms with Gasteiger partial charge < -0.3 is 9.64 Å². The predicted octanol–water partition coefficient (Wildman–Crippen LogP) is 1.26. The van der Waals surface area contributed by atoms with Crippen LogP contribution in [-0.4, -0.2) is 35.1 Å². The van der Waals surface area contributed by atoms with Crippen LogP contribution in [0.25, 0.3) is 0 Å². The van der Waals surface area contributed by atoms with Crippen LogP contribution in [0.5, 0.6) is 0 Å². The van der Waals surface area contributed by atoms with Gasteiger partial charge in [0.25, 0.3) is 0 Å². The minimum atomic E-state index is -0.150. The van der Waals surface area contributed by atoms with Crippen molar-refractivity contribution in [3.63, 3.8) is 0 Å². The van der Waals surface area contributed by atoms with Gasteiger partial charge in [-0.1, -0.05) is 22.6 Å². The van der Waals surface area contributed by atoms with E-state index in [4.69, 9.17) is 4.74 Å². The molecule has 0 radical (unpaired) electrons. The summed E-state index contributed by atoms with van der Waals surface area (Å²) in [5, 5.41) is 0. The van der Waals surface area contributed by atoms with Crippen molar-refractivity contribution in [2.75, 3.05) is 24.1 Å². The SMILES string of the molecule is O=C(OCCI)N1CCC1. The number of carbonyl (C=O) groups is 1. The third-order valence-electron chi connectivity index (χ3n) is 1.42. The Morgan fingerprint density at radius 2 is 2.30 bits per heavy atom. The molecule has 0 atom stereocenters. The van der Waals surface area contributed by atoms with E-state index in [-0.39, 0.29) is 6.09 Å². The van der Waals surface area contributed by atoms with Crippen LogP contribution in [0.2, 0.25) is 0 Å². The molecule has 1 fully saturated rings.